The normalized spacial score (nSPS) is 10.8. The molecule has 2 aromatic carbocycles. The Labute approximate surface area is 150 Å². The van der Waals surface area contributed by atoms with Crippen LogP contribution in [0, 0.1) is 11.3 Å². The molecule has 0 spiro atoms. The van der Waals surface area contributed by atoms with Crippen LogP contribution in [0.3, 0.4) is 0 Å². The second kappa shape index (κ2) is 8.39. The van der Waals surface area contributed by atoms with Gasteiger partial charge < -0.3 is 10.1 Å². The first-order valence-electron chi connectivity index (χ1n) is 7.14. The highest BCUT2D eigenvalue weighted by atomic mass is 35.5. The summed E-state index contributed by atoms with van der Waals surface area (Å²) in [5, 5.41) is 12.9. The summed E-state index contributed by atoms with van der Waals surface area (Å²) in [6.45, 7) is 2.30. The lowest BCUT2D eigenvalue weighted by atomic mass is 10.1. The fourth-order valence-corrected chi connectivity index (χ4v) is 2.36. The Hall–Kier alpha value is -2.48. The summed E-state index contributed by atoms with van der Waals surface area (Å²) >= 11 is 11.9. The minimum absolute atomic E-state index is 0.0711. The van der Waals surface area contributed by atoms with Gasteiger partial charge in [0.25, 0.3) is 5.91 Å². The maximum Gasteiger partial charge on any atom is 0.266 e. The van der Waals surface area contributed by atoms with Gasteiger partial charge in [0, 0.05) is 21.3 Å². The van der Waals surface area contributed by atoms with Crippen LogP contribution in [0.25, 0.3) is 6.08 Å². The molecule has 0 aliphatic carbocycles. The van der Waals surface area contributed by atoms with E-state index in [1.54, 1.807) is 42.5 Å². The van der Waals surface area contributed by atoms with Crippen molar-refractivity contribution in [3.8, 4) is 11.8 Å². The Morgan fingerprint density at radius 2 is 2.00 bits per heavy atom. The van der Waals surface area contributed by atoms with Crippen LogP contribution in [0.5, 0.6) is 5.75 Å². The SMILES string of the molecule is CCOc1ccc(Cl)cc1/C=C(\C#N)C(=O)Nc1cccc(Cl)c1. The van der Waals surface area contributed by atoms with Gasteiger partial charge in [0.05, 0.1) is 6.61 Å². The van der Waals surface area contributed by atoms with Crippen molar-refractivity contribution in [3.05, 3.63) is 63.6 Å². The molecule has 24 heavy (non-hydrogen) atoms. The largest absolute Gasteiger partial charge is 0.493 e. The second-order valence-corrected chi connectivity index (χ2v) is 5.62. The number of ether oxygens (including phenoxy) is 1. The van der Waals surface area contributed by atoms with Gasteiger partial charge in [0.2, 0.25) is 0 Å². The molecule has 4 nitrogen and oxygen atoms in total. The molecule has 2 aromatic rings. The van der Waals surface area contributed by atoms with Crippen LogP contribution in [-0.2, 0) is 4.79 Å². The van der Waals surface area contributed by atoms with Crippen LogP contribution in [0.1, 0.15) is 12.5 Å². The number of hydrogen-bond donors (Lipinski definition) is 1. The molecule has 0 unspecified atom stereocenters. The highest BCUT2D eigenvalue weighted by Crippen LogP contribution is 2.25. The van der Waals surface area contributed by atoms with Crippen molar-refractivity contribution in [2.45, 2.75) is 6.92 Å². The molecule has 0 atom stereocenters. The fraction of sp³-hybridized carbons (Fsp3) is 0.111. The van der Waals surface area contributed by atoms with Gasteiger partial charge in [-0.05, 0) is 49.4 Å². The molecular weight excluding hydrogens is 347 g/mol. The standard InChI is InChI=1S/C18H14Cl2N2O2/c1-2-24-17-7-6-15(20)9-12(17)8-13(11-21)18(23)22-16-5-3-4-14(19)10-16/h3-10H,2H2,1H3,(H,22,23)/b13-8+. The summed E-state index contributed by atoms with van der Waals surface area (Å²) in [5.74, 6) is 0.00685. The van der Waals surface area contributed by atoms with Crippen LogP contribution in [-0.4, -0.2) is 12.5 Å². The lowest BCUT2D eigenvalue weighted by Crippen LogP contribution is -2.13. The molecule has 2 rings (SSSR count). The Morgan fingerprint density at radius 3 is 2.67 bits per heavy atom. The maximum absolute atomic E-state index is 12.3. The van der Waals surface area contributed by atoms with E-state index < -0.39 is 5.91 Å². The predicted molar refractivity (Wildman–Crippen MR) is 96.3 cm³/mol. The molecule has 0 radical (unpaired) electrons. The summed E-state index contributed by atoms with van der Waals surface area (Å²) < 4.78 is 5.49. The number of hydrogen-bond acceptors (Lipinski definition) is 3. The molecule has 6 heteroatoms. The van der Waals surface area contributed by atoms with Gasteiger partial charge in [-0.2, -0.15) is 5.26 Å². The zero-order valence-corrected chi connectivity index (χ0v) is 14.4. The van der Waals surface area contributed by atoms with E-state index >= 15 is 0 Å². The lowest BCUT2D eigenvalue weighted by Gasteiger charge is -2.09. The van der Waals surface area contributed by atoms with E-state index in [2.05, 4.69) is 5.32 Å². The van der Waals surface area contributed by atoms with E-state index in [0.717, 1.165) is 0 Å². The number of carbonyl (C=O) groups excluding carboxylic acids is 1. The summed E-state index contributed by atoms with van der Waals surface area (Å²) in [4.78, 5) is 12.3. The Kier molecular flexibility index (Phi) is 6.25. The third-order valence-electron chi connectivity index (χ3n) is 3.02. The third kappa shape index (κ3) is 4.76. The average molecular weight is 361 g/mol. The molecular formula is C18H14Cl2N2O2. The second-order valence-electron chi connectivity index (χ2n) is 4.75. The number of amides is 1. The zero-order valence-electron chi connectivity index (χ0n) is 12.8. The van der Waals surface area contributed by atoms with Crippen molar-refractivity contribution in [1.29, 1.82) is 5.26 Å². The van der Waals surface area contributed by atoms with Gasteiger partial charge in [-0.3, -0.25) is 4.79 Å². The van der Waals surface area contributed by atoms with E-state index in [1.165, 1.54) is 6.08 Å². The third-order valence-corrected chi connectivity index (χ3v) is 3.49. The minimum atomic E-state index is -0.540. The van der Waals surface area contributed by atoms with E-state index in [-0.39, 0.29) is 5.57 Å². The van der Waals surface area contributed by atoms with Gasteiger partial charge in [0.15, 0.2) is 0 Å². The Balaban J connectivity index is 2.30. The number of benzene rings is 2. The van der Waals surface area contributed by atoms with Gasteiger partial charge in [-0.1, -0.05) is 29.3 Å². The number of carbonyl (C=O) groups is 1. The van der Waals surface area contributed by atoms with Gasteiger partial charge in [0.1, 0.15) is 17.4 Å². The molecule has 0 aliphatic rings. The molecule has 1 amide bonds. The van der Waals surface area contributed by atoms with Crippen LogP contribution < -0.4 is 10.1 Å². The Bertz CT molecular complexity index is 826. The van der Waals surface area contributed by atoms with Crippen LogP contribution in [0.15, 0.2) is 48.0 Å². The van der Waals surface area contributed by atoms with Crippen molar-refractivity contribution >= 4 is 40.9 Å². The molecule has 1 N–H and O–H groups in total. The summed E-state index contributed by atoms with van der Waals surface area (Å²) in [6, 6.07) is 13.6. The first-order chi connectivity index (χ1) is 11.5. The van der Waals surface area contributed by atoms with Crippen molar-refractivity contribution < 1.29 is 9.53 Å². The quantitative estimate of drug-likeness (QED) is 0.606. The van der Waals surface area contributed by atoms with Crippen molar-refractivity contribution in [2.75, 3.05) is 11.9 Å². The molecule has 0 bridgehead atoms. The smallest absolute Gasteiger partial charge is 0.266 e. The van der Waals surface area contributed by atoms with E-state index in [1.807, 2.05) is 13.0 Å². The zero-order chi connectivity index (χ0) is 17.5. The molecule has 0 aliphatic heterocycles. The van der Waals surface area contributed by atoms with Crippen LogP contribution >= 0.6 is 23.2 Å². The van der Waals surface area contributed by atoms with E-state index in [9.17, 15) is 10.1 Å². The molecule has 0 fully saturated rings. The van der Waals surface area contributed by atoms with Gasteiger partial charge in [-0.25, -0.2) is 0 Å². The van der Waals surface area contributed by atoms with Gasteiger partial charge in [-0.15, -0.1) is 0 Å². The number of nitriles is 1. The number of halogens is 2. The van der Waals surface area contributed by atoms with Crippen molar-refractivity contribution in [1.82, 2.24) is 0 Å². The van der Waals surface area contributed by atoms with Crippen molar-refractivity contribution in [3.63, 3.8) is 0 Å². The number of nitrogens with one attached hydrogen (secondary N) is 1. The predicted octanol–water partition coefficient (Wildman–Crippen LogP) is 4.94. The van der Waals surface area contributed by atoms with Crippen LogP contribution in [0.2, 0.25) is 10.0 Å². The highest BCUT2D eigenvalue weighted by molar-refractivity contribution is 6.31. The molecule has 0 saturated carbocycles. The Morgan fingerprint density at radius 1 is 1.25 bits per heavy atom. The monoisotopic (exact) mass is 360 g/mol. The number of nitrogens with zero attached hydrogens (tertiary/aromatic N) is 1. The topological polar surface area (TPSA) is 62.1 Å². The summed E-state index contributed by atoms with van der Waals surface area (Å²) in [5.41, 5.74) is 0.991. The molecule has 0 aromatic heterocycles. The number of rotatable bonds is 5. The van der Waals surface area contributed by atoms with Crippen LogP contribution in [0.4, 0.5) is 5.69 Å². The molecule has 0 heterocycles. The van der Waals surface area contributed by atoms with E-state index in [4.69, 9.17) is 27.9 Å². The van der Waals surface area contributed by atoms with Crippen molar-refractivity contribution in [2.24, 2.45) is 0 Å². The molecule has 122 valence electrons. The lowest BCUT2D eigenvalue weighted by molar-refractivity contribution is -0.112. The minimum Gasteiger partial charge on any atom is -0.493 e. The van der Waals surface area contributed by atoms with E-state index in [0.29, 0.717) is 33.7 Å². The van der Waals surface area contributed by atoms with Gasteiger partial charge >= 0.3 is 0 Å². The first-order valence-corrected chi connectivity index (χ1v) is 7.90. The highest BCUT2D eigenvalue weighted by Gasteiger charge is 2.12. The first kappa shape index (κ1) is 17.9. The average Bonchev–Trinajstić information content (AvgIpc) is 2.55. The summed E-state index contributed by atoms with van der Waals surface area (Å²) in [7, 11) is 0. The fourth-order valence-electron chi connectivity index (χ4n) is 1.99. The molecule has 0 saturated heterocycles. The maximum atomic E-state index is 12.3. The summed E-state index contributed by atoms with van der Waals surface area (Å²) in [6.07, 6.45) is 1.44. The number of anilines is 1.